The minimum Gasteiger partial charge on any atom is -0.497 e. The Labute approximate surface area is 106 Å². The van der Waals surface area contributed by atoms with Crippen LogP contribution in [0.2, 0.25) is 0 Å². The van der Waals surface area contributed by atoms with Crippen LogP contribution in [0.4, 0.5) is 0 Å². The standard InChI is InChI=1S/C15H12N2O/c1-18-15-6-4-13(5-7-15)14(10-16)9-12-3-2-8-17-11-12/h2-9,11H,1H3/b14-9-. The van der Waals surface area contributed by atoms with Gasteiger partial charge in [0.05, 0.1) is 18.8 Å². The Morgan fingerprint density at radius 2 is 2.06 bits per heavy atom. The Bertz CT molecular complexity index is 580. The summed E-state index contributed by atoms with van der Waals surface area (Å²) in [5.74, 6) is 0.775. The lowest BCUT2D eigenvalue weighted by molar-refractivity contribution is 0.415. The topological polar surface area (TPSA) is 45.9 Å². The number of nitrogens with zero attached hydrogens (tertiary/aromatic N) is 2. The van der Waals surface area contributed by atoms with E-state index < -0.39 is 0 Å². The number of rotatable bonds is 3. The predicted octanol–water partition coefficient (Wildman–Crippen LogP) is 3.15. The van der Waals surface area contributed by atoms with E-state index in [1.807, 2.05) is 42.5 Å². The van der Waals surface area contributed by atoms with Crippen LogP contribution in [0.15, 0.2) is 48.8 Å². The summed E-state index contributed by atoms with van der Waals surface area (Å²) < 4.78 is 5.09. The number of aromatic nitrogens is 1. The molecule has 0 amide bonds. The van der Waals surface area contributed by atoms with Gasteiger partial charge in [0, 0.05) is 12.4 Å². The van der Waals surface area contributed by atoms with Crippen molar-refractivity contribution in [1.82, 2.24) is 4.98 Å². The summed E-state index contributed by atoms with van der Waals surface area (Å²) in [5, 5.41) is 9.20. The van der Waals surface area contributed by atoms with E-state index in [-0.39, 0.29) is 0 Å². The van der Waals surface area contributed by atoms with Gasteiger partial charge in [-0.2, -0.15) is 5.26 Å². The summed E-state index contributed by atoms with van der Waals surface area (Å²) in [6, 6.07) is 13.4. The molecule has 3 heteroatoms. The van der Waals surface area contributed by atoms with Crippen LogP contribution in [0, 0.1) is 11.3 Å². The molecule has 0 saturated carbocycles. The molecule has 0 fully saturated rings. The second-order valence-electron chi connectivity index (χ2n) is 3.68. The number of nitriles is 1. The molecule has 0 aliphatic rings. The lowest BCUT2D eigenvalue weighted by Gasteiger charge is -2.02. The molecule has 0 atom stereocenters. The third-order valence-electron chi connectivity index (χ3n) is 2.52. The highest BCUT2D eigenvalue weighted by Crippen LogP contribution is 2.20. The Hall–Kier alpha value is -2.60. The normalized spacial score (nSPS) is 10.8. The molecule has 18 heavy (non-hydrogen) atoms. The molecule has 3 nitrogen and oxygen atoms in total. The highest BCUT2D eigenvalue weighted by atomic mass is 16.5. The van der Waals surface area contributed by atoms with Crippen LogP contribution in [0.1, 0.15) is 11.1 Å². The zero-order valence-corrected chi connectivity index (χ0v) is 10.00. The number of benzene rings is 1. The highest BCUT2D eigenvalue weighted by molar-refractivity contribution is 5.89. The number of hydrogen-bond acceptors (Lipinski definition) is 3. The molecule has 2 aromatic rings. The van der Waals surface area contributed by atoms with Crippen LogP contribution in [0.5, 0.6) is 5.75 Å². The van der Waals surface area contributed by atoms with Crippen molar-refractivity contribution < 1.29 is 4.74 Å². The summed E-state index contributed by atoms with van der Waals surface area (Å²) in [6.45, 7) is 0. The first-order chi connectivity index (χ1) is 8.83. The minimum atomic E-state index is 0.602. The molecule has 0 N–H and O–H groups in total. The van der Waals surface area contributed by atoms with Crippen molar-refractivity contribution in [3.05, 3.63) is 59.9 Å². The summed E-state index contributed by atoms with van der Waals surface area (Å²) >= 11 is 0. The minimum absolute atomic E-state index is 0.602. The molecule has 0 aliphatic heterocycles. The fraction of sp³-hybridized carbons (Fsp3) is 0.0667. The van der Waals surface area contributed by atoms with Crippen LogP contribution in [0.25, 0.3) is 11.6 Å². The molecular weight excluding hydrogens is 224 g/mol. The van der Waals surface area contributed by atoms with Gasteiger partial charge < -0.3 is 4.74 Å². The second kappa shape index (κ2) is 5.65. The summed E-state index contributed by atoms with van der Waals surface area (Å²) in [5.41, 5.74) is 2.37. The quantitative estimate of drug-likeness (QED) is 0.769. The average Bonchev–Trinajstić information content (AvgIpc) is 2.46. The maximum Gasteiger partial charge on any atom is 0.118 e. The number of allylic oxidation sites excluding steroid dienone is 1. The van der Waals surface area contributed by atoms with Gasteiger partial charge in [-0.3, -0.25) is 4.98 Å². The van der Waals surface area contributed by atoms with Crippen molar-refractivity contribution in [3.63, 3.8) is 0 Å². The Morgan fingerprint density at radius 3 is 2.61 bits per heavy atom. The first-order valence-corrected chi connectivity index (χ1v) is 5.50. The van der Waals surface area contributed by atoms with Crippen LogP contribution in [0.3, 0.4) is 0 Å². The molecule has 2 rings (SSSR count). The number of methoxy groups -OCH3 is 1. The van der Waals surface area contributed by atoms with Gasteiger partial charge in [0.1, 0.15) is 5.75 Å². The molecule has 0 aliphatic carbocycles. The lowest BCUT2D eigenvalue weighted by atomic mass is 10.0. The number of pyridine rings is 1. The van der Waals surface area contributed by atoms with E-state index in [9.17, 15) is 5.26 Å². The van der Waals surface area contributed by atoms with Crippen molar-refractivity contribution >= 4 is 11.6 Å². The number of ether oxygens (including phenoxy) is 1. The van der Waals surface area contributed by atoms with Gasteiger partial charge in [-0.05, 0) is 47.5 Å². The highest BCUT2D eigenvalue weighted by Gasteiger charge is 2.01. The maximum absolute atomic E-state index is 9.20. The van der Waals surface area contributed by atoms with Gasteiger partial charge in [-0.25, -0.2) is 0 Å². The van der Waals surface area contributed by atoms with Gasteiger partial charge in [0.15, 0.2) is 0 Å². The molecule has 1 heterocycles. The molecule has 88 valence electrons. The van der Waals surface area contributed by atoms with E-state index in [0.29, 0.717) is 5.57 Å². The van der Waals surface area contributed by atoms with E-state index in [4.69, 9.17) is 4.74 Å². The second-order valence-corrected chi connectivity index (χ2v) is 3.68. The van der Waals surface area contributed by atoms with E-state index in [1.54, 1.807) is 19.5 Å². The van der Waals surface area contributed by atoms with Gasteiger partial charge in [-0.1, -0.05) is 6.07 Å². The molecule has 0 radical (unpaired) electrons. The fourth-order valence-corrected chi connectivity index (χ4v) is 1.58. The predicted molar refractivity (Wildman–Crippen MR) is 70.7 cm³/mol. The van der Waals surface area contributed by atoms with Crippen LogP contribution in [-0.4, -0.2) is 12.1 Å². The van der Waals surface area contributed by atoms with E-state index >= 15 is 0 Å². The lowest BCUT2D eigenvalue weighted by Crippen LogP contribution is -1.85. The van der Waals surface area contributed by atoms with E-state index in [0.717, 1.165) is 16.9 Å². The van der Waals surface area contributed by atoms with Crippen LogP contribution < -0.4 is 4.74 Å². The summed E-state index contributed by atoms with van der Waals surface area (Å²) in [7, 11) is 1.62. The maximum atomic E-state index is 9.20. The Morgan fingerprint density at radius 1 is 1.28 bits per heavy atom. The SMILES string of the molecule is COc1ccc(/C(C#N)=C\c2cccnc2)cc1. The van der Waals surface area contributed by atoms with E-state index in [2.05, 4.69) is 11.1 Å². The monoisotopic (exact) mass is 236 g/mol. The number of hydrogen-bond donors (Lipinski definition) is 0. The van der Waals surface area contributed by atoms with Crippen molar-refractivity contribution in [2.45, 2.75) is 0 Å². The largest absolute Gasteiger partial charge is 0.497 e. The molecule has 0 bridgehead atoms. The third kappa shape index (κ3) is 2.74. The van der Waals surface area contributed by atoms with Crippen molar-refractivity contribution in [2.24, 2.45) is 0 Å². The molecular formula is C15H12N2O. The third-order valence-corrected chi connectivity index (χ3v) is 2.52. The van der Waals surface area contributed by atoms with Crippen LogP contribution >= 0.6 is 0 Å². The van der Waals surface area contributed by atoms with Crippen LogP contribution in [-0.2, 0) is 0 Å². The molecule has 0 saturated heterocycles. The molecule has 0 spiro atoms. The van der Waals surface area contributed by atoms with Crippen molar-refractivity contribution in [2.75, 3.05) is 7.11 Å². The van der Waals surface area contributed by atoms with Gasteiger partial charge in [0.25, 0.3) is 0 Å². The smallest absolute Gasteiger partial charge is 0.118 e. The Balaban J connectivity index is 2.34. The molecule has 0 unspecified atom stereocenters. The first-order valence-electron chi connectivity index (χ1n) is 5.50. The fourth-order valence-electron chi connectivity index (χ4n) is 1.58. The summed E-state index contributed by atoms with van der Waals surface area (Å²) in [6.07, 6.45) is 5.24. The molecule has 1 aromatic heterocycles. The Kier molecular flexibility index (Phi) is 3.72. The van der Waals surface area contributed by atoms with Gasteiger partial charge >= 0.3 is 0 Å². The van der Waals surface area contributed by atoms with Gasteiger partial charge in [-0.15, -0.1) is 0 Å². The van der Waals surface area contributed by atoms with Crippen molar-refractivity contribution in [1.29, 1.82) is 5.26 Å². The van der Waals surface area contributed by atoms with Gasteiger partial charge in [0.2, 0.25) is 0 Å². The summed E-state index contributed by atoms with van der Waals surface area (Å²) in [4.78, 5) is 4.02. The zero-order valence-electron chi connectivity index (χ0n) is 10.00. The van der Waals surface area contributed by atoms with E-state index in [1.165, 1.54) is 0 Å². The first kappa shape index (κ1) is 11.9. The molecule has 1 aromatic carbocycles. The average molecular weight is 236 g/mol. The van der Waals surface area contributed by atoms with Crippen molar-refractivity contribution in [3.8, 4) is 11.8 Å². The zero-order chi connectivity index (χ0) is 12.8.